The maximum Gasteiger partial charge on any atom is 0.337 e. The second kappa shape index (κ2) is 7.09. The molecule has 0 unspecified atom stereocenters. The van der Waals surface area contributed by atoms with E-state index in [1.165, 1.54) is 7.11 Å². The number of ether oxygens (including phenoxy) is 1. The average molecular weight is 394 g/mol. The van der Waals surface area contributed by atoms with Crippen molar-refractivity contribution in [3.8, 4) is 0 Å². The highest BCUT2D eigenvalue weighted by Gasteiger charge is 2.44. The van der Waals surface area contributed by atoms with Gasteiger partial charge < -0.3 is 9.64 Å². The Balaban J connectivity index is 1.60. The lowest BCUT2D eigenvalue weighted by atomic mass is 9.89. The van der Waals surface area contributed by atoms with Crippen molar-refractivity contribution < 1.29 is 23.4 Å². The summed E-state index contributed by atoms with van der Waals surface area (Å²) < 4.78 is 27.5. The van der Waals surface area contributed by atoms with Crippen LogP contribution in [-0.4, -0.2) is 61.7 Å². The Morgan fingerprint density at radius 1 is 1.19 bits per heavy atom. The first-order valence-corrected chi connectivity index (χ1v) is 11.1. The second-order valence-electron chi connectivity index (χ2n) is 7.55. The minimum absolute atomic E-state index is 0.0235. The molecule has 27 heavy (non-hydrogen) atoms. The summed E-state index contributed by atoms with van der Waals surface area (Å²) in [6.07, 6.45) is 4.58. The van der Waals surface area contributed by atoms with Gasteiger partial charge in [0.1, 0.15) is 0 Å². The van der Waals surface area contributed by atoms with E-state index in [0.29, 0.717) is 30.0 Å². The zero-order valence-corrected chi connectivity index (χ0v) is 16.3. The van der Waals surface area contributed by atoms with Crippen molar-refractivity contribution in [2.24, 2.45) is 0 Å². The summed E-state index contributed by atoms with van der Waals surface area (Å²) in [6, 6.07) is 5.07. The highest BCUT2D eigenvalue weighted by atomic mass is 32.3. The molecule has 0 aromatic heterocycles. The SMILES string of the molecule is COC(=O)c1ccc2c(c1)C(=O)N([C@@H]1CCCC[C@H]1N1CCCS1(O)O)C2. The van der Waals surface area contributed by atoms with E-state index in [4.69, 9.17) is 4.74 Å². The molecular weight excluding hydrogens is 368 g/mol. The molecular formula is C19H26N2O5S. The predicted octanol–water partition coefficient (Wildman–Crippen LogP) is 3.11. The van der Waals surface area contributed by atoms with Gasteiger partial charge in [-0.05, 0) is 37.0 Å². The van der Waals surface area contributed by atoms with Gasteiger partial charge in [-0.15, -0.1) is 10.8 Å². The van der Waals surface area contributed by atoms with Crippen LogP contribution in [0.3, 0.4) is 0 Å². The number of nitrogens with zero attached hydrogens (tertiary/aromatic N) is 2. The molecule has 1 aromatic rings. The zero-order valence-electron chi connectivity index (χ0n) is 15.5. The summed E-state index contributed by atoms with van der Waals surface area (Å²) in [6.45, 7) is 1.18. The number of benzene rings is 1. The molecule has 2 aliphatic heterocycles. The van der Waals surface area contributed by atoms with Gasteiger partial charge >= 0.3 is 5.97 Å². The van der Waals surface area contributed by atoms with Crippen LogP contribution in [0.4, 0.5) is 0 Å². The van der Waals surface area contributed by atoms with Crippen molar-refractivity contribution in [3.63, 3.8) is 0 Å². The maximum absolute atomic E-state index is 13.1. The van der Waals surface area contributed by atoms with Gasteiger partial charge in [0.25, 0.3) is 5.91 Å². The number of esters is 1. The third-order valence-electron chi connectivity index (χ3n) is 6.00. The van der Waals surface area contributed by atoms with Crippen molar-refractivity contribution >= 4 is 22.7 Å². The largest absolute Gasteiger partial charge is 0.465 e. The van der Waals surface area contributed by atoms with Gasteiger partial charge in [0.05, 0.1) is 18.4 Å². The van der Waals surface area contributed by atoms with E-state index in [0.717, 1.165) is 37.7 Å². The number of amides is 1. The van der Waals surface area contributed by atoms with Crippen LogP contribution in [0.15, 0.2) is 18.2 Å². The van der Waals surface area contributed by atoms with Crippen molar-refractivity contribution in [3.05, 3.63) is 34.9 Å². The minimum atomic E-state index is -2.72. The molecule has 4 rings (SSSR count). The molecule has 0 radical (unpaired) electrons. The molecule has 2 atom stereocenters. The molecule has 1 aliphatic carbocycles. The number of hydrogen-bond donors (Lipinski definition) is 2. The van der Waals surface area contributed by atoms with E-state index in [1.807, 2.05) is 15.3 Å². The lowest BCUT2D eigenvalue weighted by Crippen LogP contribution is -2.53. The predicted molar refractivity (Wildman–Crippen MR) is 103 cm³/mol. The Labute approximate surface area is 160 Å². The summed E-state index contributed by atoms with van der Waals surface area (Å²) in [7, 11) is -1.40. The standard InChI is InChI=1S/C19H26N2O5S/c1-26-19(23)13-7-8-14-12-20(18(22)15(14)11-13)16-5-2-3-6-17(16)21-9-4-10-27(21,24)25/h7-8,11,16-17,24-25H,2-6,9-10,12H2,1H3/t16-,17-/m1/s1. The fraction of sp³-hybridized carbons (Fsp3) is 0.579. The number of rotatable bonds is 3. The second-order valence-corrected chi connectivity index (χ2v) is 9.69. The first-order chi connectivity index (χ1) is 12.9. The van der Waals surface area contributed by atoms with Crippen molar-refractivity contribution in [1.82, 2.24) is 9.21 Å². The van der Waals surface area contributed by atoms with Gasteiger partial charge in [0.15, 0.2) is 0 Å². The fourth-order valence-electron chi connectivity index (χ4n) is 4.69. The Morgan fingerprint density at radius 2 is 1.93 bits per heavy atom. The Bertz CT molecular complexity index is 768. The van der Waals surface area contributed by atoms with Crippen LogP contribution in [0.25, 0.3) is 0 Å². The van der Waals surface area contributed by atoms with Gasteiger partial charge in [-0.3, -0.25) is 13.9 Å². The van der Waals surface area contributed by atoms with Gasteiger partial charge in [-0.2, -0.15) is 0 Å². The van der Waals surface area contributed by atoms with Crippen molar-refractivity contribution in [1.29, 1.82) is 0 Å². The van der Waals surface area contributed by atoms with Crippen LogP contribution in [0.2, 0.25) is 0 Å². The van der Waals surface area contributed by atoms with Crippen LogP contribution in [0.1, 0.15) is 58.4 Å². The monoisotopic (exact) mass is 394 g/mol. The normalized spacial score (nSPS) is 28.9. The molecule has 2 fully saturated rings. The van der Waals surface area contributed by atoms with E-state index >= 15 is 0 Å². The Hall–Kier alpha value is -1.61. The first kappa shape index (κ1) is 18.7. The third-order valence-corrected chi connectivity index (χ3v) is 8.04. The molecule has 2 N–H and O–H groups in total. The smallest absolute Gasteiger partial charge is 0.337 e. The molecule has 2 heterocycles. The summed E-state index contributed by atoms with van der Waals surface area (Å²) in [5.74, 6) is -0.110. The van der Waals surface area contributed by atoms with Gasteiger partial charge in [0.2, 0.25) is 0 Å². The number of carbonyl (C=O) groups is 2. The van der Waals surface area contributed by atoms with Crippen molar-refractivity contribution in [2.45, 2.75) is 50.7 Å². The molecule has 7 nitrogen and oxygen atoms in total. The summed E-state index contributed by atoms with van der Waals surface area (Å²) >= 11 is 0. The zero-order chi connectivity index (χ0) is 19.2. The third kappa shape index (κ3) is 3.24. The molecule has 1 saturated heterocycles. The maximum atomic E-state index is 13.1. The van der Waals surface area contributed by atoms with Crippen LogP contribution < -0.4 is 0 Å². The number of carbonyl (C=O) groups excluding carboxylic acids is 2. The highest BCUT2D eigenvalue weighted by molar-refractivity contribution is 8.22. The molecule has 0 spiro atoms. The number of methoxy groups -OCH3 is 1. The lowest BCUT2D eigenvalue weighted by Gasteiger charge is -2.48. The van der Waals surface area contributed by atoms with Crippen LogP contribution in [0, 0.1) is 0 Å². The average Bonchev–Trinajstić information content (AvgIpc) is 3.19. The highest BCUT2D eigenvalue weighted by Crippen LogP contribution is 2.52. The summed E-state index contributed by atoms with van der Waals surface area (Å²) in [4.78, 5) is 26.8. The molecule has 3 aliphatic rings. The fourth-order valence-corrected chi connectivity index (χ4v) is 6.54. The van der Waals surface area contributed by atoms with Crippen LogP contribution >= 0.6 is 10.8 Å². The Kier molecular flexibility index (Phi) is 4.92. The Morgan fingerprint density at radius 3 is 2.59 bits per heavy atom. The summed E-state index contributed by atoms with van der Waals surface area (Å²) in [5.41, 5.74) is 1.83. The van der Waals surface area contributed by atoms with Crippen LogP contribution in [-0.2, 0) is 11.3 Å². The topological polar surface area (TPSA) is 90.3 Å². The number of hydrogen-bond acceptors (Lipinski definition) is 6. The van der Waals surface area contributed by atoms with E-state index in [9.17, 15) is 18.7 Å². The molecule has 8 heteroatoms. The molecule has 1 aromatic carbocycles. The van der Waals surface area contributed by atoms with E-state index in [1.54, 1.807) is 12.1 Å². The molecule has 1 amide bonds. The van der Waals surface area contributed by atoms with Gasteiger partial charge in [-0.25, -0.2) is 9.10 Å². The van der Waals surface area contributed by atoms with E-state index < -0.39 is 16.7 Å². The molecule has 1 saturated carbocycles. The number of fused-ring (bicyclic) bond motifs is 1. The lowest BCUT2D eigenvalue weighted by molar-refractivity contribution is 0.0521. The summed E-state index contributed by atoms with van der Waals surface area (Å²) in [5, 5.41) is 0. The first-order valence-electron chi connectivity index (χ1n) is 9.47. The van der Waals surface area contributed by atoms with Crippen molar-refractivity contribution in [2.75, 3.05) is 19.4 Å². The van der Waals surface area contributed by atoms with E-state index in [2.05, 4.69) is 0 Å². The van der Waals surface area contributed by atoms with Crippen LogP contribution in [0.5, 0.6) is 0 Å². The van der Waals surface area contributed by atoms with Gasteiger partial charge in [0, 0.05) is 30.7 Å². The van der Waals surface area contributed by atoms with E-state index in [-0.39, 0.29) is 18.0 Å². The minimum Gasteiger partial charge on any atom is -0.465 e. The molecule has 0 bridgehead atoms. The quantitative estimate of drug-likeness (QED) is 0.766. The van der Waals surface area contributed by atoms with Gasteiger partial charge in [-0.1, -0.05) is 18.9 Å². The molecule has 148 valence electrons.